The number of hydrogen-bond donors (Lipinski definition) is 0. The third kappa shape index (κ3) is 1.74. The third-order valence-corrected chi connectivity index (χ3v) is 3.64. The molecule has 0 bridgehead atoms. The summed E-state index contributed by atoms with van der Waals surface area (Å²) in [5, 5.41) is -0.257. The van der Waals surface area contributed by atoms with Gasteiger partial charge in [-0.2, -0.15) is 0 Å². The highest BCUT2D eigenvalue weighted by Crippen LogP contribution is 2.35. The van der Waals surface area contributed by atoms with Crippen molar-refractivity contribution in [1.82, 2.24) is 4.90 Å². The quantitative estimate of drug-likeness (QED) is 0.726. The Morgan fingerprint density at radius 2 is 2.06 bits per heavy atom. The van der Waals surface area contributed by atoms with Gasteiger partial charge in [-0.3, -0.25) is 14.5 Å². The summed E-state index contributed by atoms with van der Waals surface area (Å²) in [5.74, 6) is 1.07. The van der Waals surface area contributed by atoms with E-state index >= 15 is 0 Å². The van der Waals surface area contributed by atoms with Gasteiger partial charge in [-0.05, 0) is 35.5 Å². The minimum absolute atomic E-state index is 0.213. The van der Waals surface area contributed by atoms with E-state index in [1.165, 1.54) is 7.05 Å². The van der Waals surface area contributed by atoms with E-state index in [0.717, 1.165) is 22.2 Å². The fourth-order valence-corrected chi connectivity index (χ4v) is 2.53. The Balaban J connectivity index is 1.93. The lowest BCUT2D eigenvalue weighted by Crippen LogP contribution is -2.22. The van der Waals surface area contributed by atoms with E-state index in [2.05, 4.69) is 0 Å². The van der Waals surface area contributed by atoms with Gasteiger partial charge in [-0.25, -0.2) is 0 Å². The number of amides is 2. The zero-order chi connectivity index (χ0) is 12.7. The molecule has 0 N–H and O–H groups in total. The smallest absolute Gasteiger partial charge is 0.293 e. The number of benzene rings is 1. The lowest BCUT2D eigenvalue weighted by molar-refractivity contribution is -0.121. The average Bonchev–Trinajstić information content (AvgIpc) is 2.91. The largest absolute Gasteiger partial charge is 0.454 e. The number of thioether (sulfide) groups is 1. The molecule has 5 nitrogen and oxygen atoms in total. The van der Waals surface area contributed by atoms with Crippen LogP contribution in [0.5, 0.6) is 11.5 Å². The van der Waals surface area contributed by atoms with E-state index in [9.17, 15) is 9.59 Å². The van der Waals surface area contributed by atoms with Crippen molar-refractivity contribution >= 4 is 29.0 Å². The number of rotatable bonds is 1. The van der Waals surface area contributed by atoms with Crippen LogP contribution in [0.3, 0.4) is 0 Å². The maximum atomic E-state index is 11.7. The van der Waals surface area contributed by atoms with Gasteiger partial charge in [-0.15, -0.1) is 0 Å². The molecule has 0 atom stereocenters. The van der Waals surface area contributed by atoms with Crippen LogP contribution in [0, 0.1) is 0 Å². The van der Waals surface area contributed by atoms with E-state index in [4.69, 9.17) is 9.47 Å². The highest BCUT2D eigenvalue weighted by molar-refractivity contribution is 8.18. The Labute approximate surface area is 107 Å². The zero-order valence-corrected chi connectivity index (χ0v) is 10.3. The van der Waals surface area contributed by atoms with Gasteiger partial charge in [-0.1, -0.05) is 6.07 Å². The molecular formula is C12H9NO4S. The van der Waals surface area contributed by atoms with Crippen LogP contribution < -0.4 is 9.47 Å². The van der Waals surface area contributed by atoms with Crippen LogP contribution in [0.2, 0.25) is 0 Å². The molecule has 0 aromatic heterocycles. The Morgan fingerprint density at radius 1 is 1.28 bits per heavy atom. The van der Waals surface area contributed by atoms with Gasteiger partial charge >= 0.3 is 0 Å². The van der Waals surface area contributed by atoms with Gasteiger partial charge in [0.2, 0.25) is 6.79 Å². The van der Waals surface area contributed by atoms with E-state index in [0.29, 0.717) is 16.4 Å². The lowest BCUT2D eigenvalue weighted by atomic mass is 10.2. The van der Waals surface area contributed by atoms with Gasteiger partial charge < -0.3 is 9.47 Å². The SMILES string of the molecule is CN1C(=O)S/C(=C\c2ccc3c(c2)OCO3)C1=O. The molecule has 1 aromatic rings. The lowest BCUT2D eigenvalue weighted by Gasteiger charge is -2.01. The molecule has 18 heavy (non-hydrogen) atoms. The van der Waals surface area contributed by atoms with E-state index < -0.39 is 0 Å². The Bertz CT molecular complexity index is 581. The second-order valence-electron chi connectivity index (χ2n) is 3.85. The van der Waals surface area contributed by atoms with Crippen molar-refractivity contribution in [3.63, 3.8) is 0 Å². The molecule has 2 aliphatic heterocycles. The first-order valence-corrected chi connectivity index (χ1v) is 6.08. The third-order valence-electron chi connectivity index (χ3n) is 2.68. The minimum atomic E-state index is -0.275. The number of hydrogen-bond acceptors (Lipinski definition) is 5. The molecule has 0 saturated carbocycles. The van der Waals surface area contributed by atoms with E-state index in [1.807, 2.05) is 6.07 Å². The first kappa shape index (κ1) is 11.2. The average molecular weight is 263 g/mol. The van der Waals surface area contributed by atoms with Crippen molar-refractivity contribution in [2.75, 3.05) is 13.8 Å². The number of carbonyl (C=O) groups is 2. The molecule has 1 saturated heterocycles. The maximum absolute atomic E-state index is 11.7. The Morgan fingerprint density at radius 3 is 2.78 bits per heavy atom. The van der Waals surface area contributed by atoms with Crippen molar-refractivity contribution in [1.29, 1.82) is 0 Å². The fraction of sp³-hybridized carbons (Fsp3) is 0.167. The highest BCUT2D eigenvalue weighted by atomic mass is 32.2. The molecule has 1 aromatic carbocycles. The van der Waals surface area contributed by atoms with Crippen LogP contribution in [0.15, 0.2) is 23.1 Å². The maximum Gasteiger partial charge on any atom is 0.293 e. The Hall–Kier alpha value is -1.95. The predicted molar refractivity (Wildman–Crippen MR) is 66.3 cm³/mol. The summed E-state index contributed by atoms with van der Waals surface area (Å²) in [6.07, 6.45) is 1.68. The molecule has 0 radical (unpaired) electrons. The normalized spacial score (nSPS) is 20.1. The summed E-state index contributed by atoms with van der Waals surface area (Å²) in [7, 11) is 1.47. The summed E-state index contributed by atoms with van der Waals surface area (Å²) >= 11 is 0.936. The standard InChI is InChI=1S/C12H9NO4S/c1-13-11(14)10(18-12(13)15)5-7-2-3-8-9(4-7)17-6-16-8/h2-5H,6H2,1H3/b10-5-. The summed E-state index contributed by atoms with van der Waals surface area (Å²) in [4.78, 5) is 24.6. The summed E-state index contributed by atoms with van der Waals surface area (Å²) < 4.78 is 10.5. The summed E-state index contributed by atoms with van der Waals surface area (Å²) in [5.41, 5.74) is 0.804. The van der Waals surface area contributed by atoms with Crippen molar-refractivity contribution in [2.45, 2.75) is 0 Å². The molecule has 92 valence electrons. The molecule has 1 fully saturated rings. The van der Waals surface area contributed by atoms with Crippen molar-refractivity contribution < 1.29 is 19.1 Å². The highest BCUT2D eigenvalue weighted by Gasteiger charge is 2.31. The minimum Gasteiger partial charge on any atom is -0.454 e. The van der Waals surface area contributed by atoms with Gasteiger partial charge in [0.05, 0.1) is 4.91 Å². The number of fused-ring (bicyclic) bond motifs is 1. The molecule has 6 heteroatoms. The van der Waals surface area contributed by atoms with Crippen LogP contribution in [0.1, 0.15) is 5.56 Å². The second kappa shape index (κ2) is 4.06. The molecule has 3 rings (SSSR count). The molecule has 0 spiro atoms. The molecule has 2 aliphatic rings. The monoisotopic (exact) mass is 263 g/mol. The number of nitrogens with zero attached hydrogens (tertiary/aromatic N) is 1. The van der Waals surface area contributed by atoms with E-state index in [-0.39, 0.29) is 17.9 Å². The molecule has 2 amide bonds. The number of imide groups is 1. The van der Waals surface area contributed by atoms with Crippen molar-refractivity contribution in [3.8, 4) is 11.5 Å². The zero-order valence-electron chi connectivity index (χ0n) is 9.50. The molecule has 2 heterocycles. The molecule has 0 unspecified atom stereocenters. The van der Waals surface area contributed by atoms with Gasteiger partial charge in [0.15, 0.2) is 11.5 Å². The van der Waals surface area contributed by atoms with Crippen LogP contribution in [0.4, 0.5) is 4.79 Å². The van der Waals surface area contributed by atoms with Gasteiger partial charge in [0.1, 0.15) is 0 Å². The first-order valence-electron chi connectivity index (χ1n) is 5.26. The van der Waals surface area contributed by atoms with Crippen LogP contribution in [-0.2, 0) is 4.79 Å². The predicted octanol–water partition coefficient (Wildman–Crippen LogP) is 2.08. The molecular weight excluding hydrogens is 254 g/mol. The van der Waals surface area contributed by atoms with Gasteiger partial charge in [0.25, 0.3) is 11.1 Å². The summed E-state index contributed by atoms with van der Waals surface area (Å²) in [6, 6.07) is 5.38. The van der Waals surface area contributed by atoms with Crippen LogP contribution in [-0.4, -0.2) is 29.9 Å². The van der Waals surface area contributed by atoms with Crippen molar-refractivity contribution in [2.24, 2.45) is 0 Å². The molecule has 0 aliphatic carbocycles. The second-order valence-corrected chi connectivity index (χ2v) is 4.85. The van der Waals surface area contributed by atoms with E-state index in [1.54, 1.807) is 18.2 Å². The summed E-state index contributed by atoms with van der Waals surface area (Å²) in [6.45, 7) is 0.213. The van der Waals surface area contributed by atoms with Crippen LogP contribution >= 0.6 is 11.8 Å². The number of ether oxygens (including phenoxy) is 2. The Kier molecular flexibility index (Phi) is 2.52. The number of likely N-dealkylation sites (N-methyl/N-ethyl adjacent to an activating group) is 1. The van der Waals surface area contributed by atoms with Crippen LogP contribution in [0.25, 0.3) is 6.08 Å². The fourth-order valence-electron chi connectivity index (χ4n) is 1.70. The first-order chi connectivity index (χ1) is 8.65. The van der Waals surface area contributed by atoms with Gasteiger partial charge in [0, 0.05) is 7.05 Å². The van der Waals surface area contributed by atoms with Crippen molar-refractivity contribution in [3.05, 3.63) is 28.7 Å². The topological polar surface area (TPSA) is 55.8 Å². The number of carbonyl (C=O) groups excluding carboxylic acids is 2.